The lowest BCUT2D eigenvalue weighted by atomic mass is 9.74. The van der Waals surface area contributed by atoms with Crippen LogP contribution in [0, 0.1) is 16.2 Å². The van der Waals surface area contributed by atoms with Gasteiger partial charge in [0, 0.05) is 109 Å². The number of hydrogen-bond donors (Lipinski definition) is 2. The van der Waals surface area contributed by atoms with Crippen molar-refractivity contribution in [3.63, 3.8) is 0 Å². The standard InChI is InChI=1S/C60H82N8O9S/c1-37(72-6)49-44(28-40(30-61-49)38-14-20-65(21-15-38)41-11-12-41)51-45-29-58(2,3)34-77-57(71)46-9-7-19-68(64-46)56(70)50(63-54(69)53-59(4,5)35-76-53)52(66-32-60(33-66)18-8-23-74-36-60)55-62-47(31-78-55)39-10-13-48(43(45)27-39)67(51)22-26-75-42-16-24-73-25-17-42/h10,13,27-28,30-31,37-38,41-42,46,50,52-53,64H,7-9,11-12,14-26,29,32-36H2,1-6H3,(H,63,69)/t37-,46-,50-,52-,53-/m0/s1. The molecule has 6 bridgehead atoms. The second-order valence-corrected chi connectivity index (χ2v) is 26.4. The van der Waals surface area contributed by atoms with E-state index in [1.807, 2.05) is 13.8 Å². The molecular weight excluding hydrogens is 1010 g/mol. The van der Waals surface area contributed by atoms with Crippen molar-refractivity contribution in [2.45, 2.75) is 160 Å². The van der Waals surface area contributed by atoms with Gasteiger partial charge in [-0.1, -0.05) is 33.8 Å². The Kier molecular flexibility index (Phi) is 15.4. The molecule has 0 radical (unpaired) electrons. The predicted molar refractivity (Wildman–Crippen MR) is 297 cm³/mol. The molecule has 17 nitrogen and oxygen atoms in total. The summed E-state index contributed by atoms with van der Waals surface area (Å²) in [6.07, 6.45) is 11.4. The van der Waals surface area contributed by atoms with Crippen LogP contribution in [0.3, 0.4) is 0 Å². The zero-order valence-corrected chi connectivity index (χ0v) is 47.6. The molecule has 1 aliphatic carbocycles. The number of cyclic esters (lactones) is 1. The van der Waals surface area contributed by atoms with Crippen LogP contribution in [0.4, 0.5) is 0 Å². The smallest absolute Gasteiger partial charge is 0.324 e. The first kappa shape index (κ1) is 54.2. The minimum absolute atomic E-state index is 0.0429. The number of aromatic nitrogens is 3. The van der Waals surface area contributed by atoms with E-state index in [2.05, 4.69) is 81.7 Å². The van der Waals surface area contributed by atoms with E-state index in [1.54, 1.807) is 12.1 Å². The second kappa shape index (κ2) is 22.2. The Hall–Kier alpha value is -4.37. The van der Waals surface area contributed by atoms with Gasteiger partial charge in [0.1, 0.15) is 23.2 Å². The normalized spacial score (nSPS) is 27.7. The molecule has 6 saturated heterocycles. The molecule has 5 atom stereocenters. The molecule has 2 amide bonds. The number of ether oxygens (including phenoxy) is 6. The molecule has 2 N–H and O–H groups in total. The third-order valence-electron chi connectivity index (χ3n) is 18.4. The van der Waals surface area contributed by atoms with Gasteiger partial charge >= 0.3 is 5.97 Å². The molecule has 18 heteroatoms. The average Bonchev–Trinajstić information content (AvgIpc) is 4.31. The number of methoxy groups -OCH3 is 1. The molecule has 1 spiro atoms. The van der Waals surface area contributed by atoms with Gasteiger partial charge in [-0.2, -0.15) is 0 Å². The van der Waals surface area contributed by atoms with Crippen molar-refractivity contribution in [3.05, 3.63) is 57.7 Å². The number of nitrogens with zero attached hydrogens (tertiary/aromatic N) is 6. The lowest BCUT2D eigenvalue weighted by Gasteiger charge is -2.55. The number of piperidine rings is 1. The van der Waals surface area contributed by atoms with Gasteiger partial charge in [-0.15, -0.1) is 11.3 Å². The topological polar surface area (TPSA) is 171 Å². The zero-order chi connectivity index (χ0) is 53.9. The summed E-state index contributed by atoms with van der Waals surface area (Å²) in [4.78, 5) is 60.0. The lowest BCUT2D eigenvalue weighted by Crippen LogP contribution is -2.68. The fourth-order valence-corrected chi connectivity index (χ4v) is 14.7. The van der Waals surface area contributed by atoms with Gasteiger partial charge in [0.25, 0.3) is 5.91 Å². The summed E-state index contributed by atoms with van der Waals surface area (Å²) < 4.78 is 39.3. The number of nitrogens with one attached hydrogen (secondary N) is 2. The molecule has 1 aromatic carbocycles. The first-order chi connectivity index (χ1) is 37.7. The van der Waals surface area contributed by atoms with Crippen molar-refractivity contribution in [2.24, 2.45) is 16.2 Å². The van der Waals surface area contributed by atoms with E-state index in [4.69, 9.17) is 38.4 Å². The fraction of sp³-hybridized carbons (Fsp3) is 0.683. The first-order valence-electron chi connectivity index (χ1n) is 29.2. The number of esters is 1. The second-order valence-electron chi connectivity index (χ2n) is 25.5. The Morgan fingerprint density at radius 2 is 1.74 bits per heavy atom. The van der Waals surface area contributed by atoms with Gasteiger partial charge in [-0.05, 0) is 126 Å². The number of pyridine rings is 1. The maximum absolute atomic E-state index is 15.4. The van der Waals surface area contributed by atoms with Crippen molar-refractivity contribution < 1.29 is 42.8 Å². The van der Waals surface area contributed by atoms with E-state index in [-0.39, 0.29) is 36.0 Å². The highest BCUT2D eigenvalue weighted by Crippen LogP contribution is 2.47. The molecule has 78 heavy (non-hydrogen) atoms. The average molecular weight is 1090 g/mol. The van der Waals surface area contributed by atoms with Gasteiger partial charge in [-0.3, -0.25) is 29.3 Å². The first-order valence-corrected chi connectivity index (χ1v) is 30.1. The van der Waals surface area contributed by atoms with Crippen molar-refractivity contribution in [3.8, 4) is 22.5 Å². The van der Waals surface area contributed by atoms with Crippen molar-refractivity contribution >= 4 is 40.0 Å². The number of likely N-dealkylation sites (tertiary alicyclic amines) is 2. The number of thiazole rings is 1. The monoisotopic (exact) mass is 1090 g/mol. The largest absolute Gasteiger partial charge is 0.464 e. The van der Waals surface area contributed by atoms with Gasteiger partial charge < -0.3 is 43.2 Å². The number of carbonyl (C=O) groups is 3. The van der Waals surface area contributed by atoms with E-state index >= 15 is 4.79 Å². The molecule has 4 aromatic rings. The summed E-state index contributed by atoms with van der Waals surface area (Å²) in [5.74, 6) is -0.686. The molecular formula is C60H82N8O9S. The third-order valence-corrected chi connectivity index (χ3v) is 19.3. The van der Waals surface area contributed by atoms with Gasteiger partial charge in [0.2, 0.25) is 5.91 Å². The van der Waals surface area contributed by atoms with E-state index < -0.39 is 41.0 Å². The van der Waals surface area contributed by atoms with Crippen LogP contribution in [-0.4, -0.2) is 164 Å². The fourth-order valence-electron chi connectivity index (χ4n) is 13.7. The highest BCUT2D eigenvalue weighted by Gasteiger charge is 2.53. The number of amides is 2. The Labute approximate surface area is 463 Å². The van der Waals surface area contributed by atoms with Crippen molar-refractivity contribution in [2.75, 3.05) is 86.1 Å². The van der Waals surface area contributed by atoms with Crippen LogP contribution in [-0.2, 0) is 55.8 Å². The summed E-state index contributed by atoms with van der Waals surface area (Å²) in [7, 11) is 1.76. The SMILES string of the molecule is CO[C@@H](C)c1ncc(C2CCN(C3CC3)CC2)cc1-c1c2c3cc(ccc3n1CCOC1CCOCC1)-c1csc(n1)[C@@H](N1CC3(CCCOC3)C1)[C@H](NC(=O)[C@@H]1OCC1(C)C)C(=O)N1CCC[C@H](N1)C(=O)OCC(C)(C)C2. The predicted octanol–water partition coefficient (Wildman–Crippen LogP) is 7.76. The summed E-state index contributed by atoms with van der Waals surface area (Å²) in [6, 6.07) is 7.41. The van der Waals surface area contributed by atoms with Crippen LogP contribution >= 0.6 is 11.3 Å². The molecule has 3 aromatic heterocycles. The molecule has 1 saturated carbocycles. The van der Waals surface area contributed by atoms with Gasteiger partial charge in [0.15, 0.2) is 0 Å². The maximum Gasteiger partial charge on any atom is 0.324 e. The minimum atomic E-state index is -1.05. The zero-order valence-electron chi connectivity index (χ0n) is 46.8. The summed E-state index contributed by atoms with van der Waals surface area (Å²) >= 11 is 1.52. The van der Waals surface area contributed by atoms with Crippen LogP contribution in [0.15, 0.2) is 35.8 Å². The molecule has 0 unspecified atom stereocenters. The number of carbonyl (C=O) groups excluding carboxylic acids is 3. The Morgan fingerprint density at radius 3 is 2.46 bits per heavy atom. The quantitative estimate of drug-likeness (QED) is 0.132. The minimum Gasteiger partial charge on any atom is -0.464 e. The van der Waals surface area contributed by atoms with E-state index in [1.165, 1.54) is 29.7 Å². The summed E-state index contributed by atoms with van der Waals surface area (Å²) in [5.41, 5.74) is 10.5. The van der Waals surface area contributed by atoms with Crippen molar-refractivity contribution in [1.29, 1.82) is 0 Å². The molecule has 12 rings (SSSR count). The maximum atomic E-state index is 15.4. The van der Waals surface area contributed by atoms with Crippen LogP contribution in [0.1, 0.15) is 139 Å². The molecule has 8 aliphatic rings. The number of benzene rings is 1. The van der Waals surface area contributed by atoms with Gasteiger partial charge in [0.05, 0.1) is 61.8 Å². The molecule has 7 aliphatic heterocycles. The molecule has 422 valence electrons. The van der Waals surface area contributed by atoms with Crippen LogP contribution < -0.4 is 10.7 Å². The third kappa shape index (κ3) is 11.0. The van der Waals surface area contributed by atoms with E-state index in [0.717, 1.165) is 114 Å². The van der Waals surface area contributed by atoms with Crippen molar-refractivity contribution in [1.82, 2.24) is 40.1 Å². The lowest BCUT2D eigenvalue weighted by molar-refractivity contribution is -0.186. The van der Waals surface area contributed by atoms with Crippen LogP contribution in [0.5, 0.6) is 0 Å². The van der Waals surface area contributed by atoms with Crippen LogP contribution in [0.2, 0.25) is 0 Å². The number of rotatable bonds is 12. The summed E-state index contributed by atoms with van der Waals surface area (Å²) in [6.45, 7) is 18.9. The molecule has 10 heterocycles. The van der Waals surface area contributed by atoms with Crippen LogP contribution in [0.25, 0.3) is 33.4 Å². The van der Waals surface area contributed by atoms with E-state index in [9.17, 15) is 9.59 Å². The number of hydrogen-bond acceptors (Lipinski definition) is 15. The van der Waals surface area contributed by atoms with Gasteiger partial charge in [-0.25, -0.2) is 10.4 Å². The summed E-state index contributed by atoms with van der Waals surface area (Å²) in [5, 5.41) is 8.69. The Balaban J connectivity index is 1.00. The number of hydrazine groups is 1. The number of fused-ring (bicyclic) bond motifs is 6. The Bertz CT molecular complexity index is 2840. The highest BCUT2D eigenvalue weighted by molar-refractivity contribution is 7.10. The van der Waals surface area contributed by atoms with E-state index in [0.29, 0.717) is 84.4 Å². The molecule has 7 fully saturated rings. The Morgan fingerprint density at radius 1 is 0.936 bits per heavy atom. The highest BCUT2D eigenvalue weighted by atomic mass is 32.1.